The van der Waals surface area contributed by atoms with E-state index in [1.807, 2.05) is 24.3 Å². The molecule has 0 aromatic heterocycles. The molecule has 3 rings (SSSR count). The van der Waals surface area contributed by atoms with Gasteiger partial charge in [0.25, 0.3) is 0 Å². The number of hydrogen-bond acceptors (Lipinski definition) is 3. The molecular weight excluding hydrogens is 266 g/mol. The van der Waals surface area contributed by atoms with E-state index >= 15 is 0 Å². The number of phenolic OH excluding ortho intramolecular Hbond substituents is 1. The summed E-state index contributed by atoms with van der Waals surface area (Å²) in [7, 11) is 0. The molecule has 0 fully saturated rings. The summed E-state index contributed by atoms with van der Waals surface area (Å²) in [5.74, 6) is 0.239. The Bertz CT molecular complexity index is 742. The van der Waals surface area contributed by atoms with Gasteiger partial charge < -0.3 is 9.41 Å². The highest BCUT2D eigenvalue weighted by atomic mass is 32.1. The first-order chi connectivity index (χ1) is 9.74. The largest absolute Gasteiger partial charge is 0.506 e. The molecule has 3 heteroatoms. The number of nitrogens with zero attached hydrogens (tertiary/aromatic N) is 1. The van der Waals surface area contributed by atoms with Crippen molar-refractivity contribution in [2.24, 2.45) is 0 Å². The van der Waals surface area contributed by atoms with Crippen molar-refractivity contribution in [2.45, 2.75) is 6.54 Å². The number of anilines is 1. The van der Waals surface area contributed by atoms with Gasteiger partial charge in [-0.3, -0.25) is 0 Å². The molecule has 0 amide bonds. The normalized spacial score (nSPS) is 10.7. The molecule has 1 N–H and O–H groups in total. The molecule has 0 atom stereocenters. The molecule has 100 valence electrons. The maximum atomic E-state index is 9.84. The Morgan fingerprint density at radius 3 is 2.35 bits per heavy atom. The number of phenols is 1. The number of rotatable bonds is 3. The highest BCUT2D eigenvalue weighted by molar-refractivity contribution is 7.81. The number of thiol groups is 1. The number of benzene rings is 3. The predicted octanol–water partition coefficient (Wildman–Crippen LogP) is 4.40. The van der Waals surface area contributed by atoms with Gasteiger partial charge in [0, 0.05) is 0 Å². The summed E-state index contributed by atoms with van der Waals surface area (Å²) in [6.07, 6.45) is 0. The second-order valence-electron chi connectivity index (χ2n) is 4.73. The van der Waals surface area contributed by atoms with Gasteiger partial charge in [0.15, 0.2) is 0 Å². The van der Waals surface area contributed by atoms with Crippen LogP contribution in [0.4, 0.5) is 5.69 Å². The van der Waals surface area contributed by atoms with Gasteiger partial charge in [-0.05, 0) is 34.5 Å². The third-order valence-electron chi connectivity index (χ3n) is 3.31. The third-order valence-corrected chi connectivity index (χ3v) is 3.66. The number of aromatic hydroxyl groups is 1. The van der Waals surface area contributed by atoms with Crippen molar-refractivity contribution in [2.75, 3.05) is 4.31 Å². The van der Waals surface area contributed by atoms with Crippen molar-refractivity contribution in [3.63, 3.8) is 0 Å². The molecule has 20 heavy (non-hydrogen) atoms. The monoisotopic (exact) mass is 281 g/mol. The molecule has 3 aromatic rings. The molecule has 3 aromatic carbocycles. The molecular formula is C17H15NOS. The van der Waals surface area contributed by atoms with E-state index in [-0.39, 0.29) is 5.75 Å². The molecule has 0 spiro atoms. The summed E-state index contributed by atoms with van der Waals surface area (Å²) in [6.45, 7) is 0.630. The highest BCUT2D eigenvalue weighted by Gasteiger charge is 2.07. The maximum Gasteiger partial charge on any atom is 0.139 e. The Hall–Kier alpha value is -2.13. The van der Waals surface area contributed by atoms with E-state index < -0.39 is 0 Å². The second kappa shape index (κ2) is 5.47. The molecule has 0 saturated carbocycles. The average Bonchev–Trinajstić information content (AvgIpc) is 2.47. The van der Waals surface area contributed by atoms with Crippen molar-refractivity contribution >= 4 is 29.3 Å². The lowest BCUT2D eigenvalue weighted by Gasteiger charge is -2.19. The van der Waals surface area contributed by atoms with Crippen LogP contribution in [0, 0.1) is 0 Å². The zero-order valence-electron chi connectivity index (χ0n) is 10.9. The van der Waals surface area contributed by atoms with Gasteiger partial charge in [-0.25, -0.2) is 0 Å². The first-order valence-electron chi connectivity index (χ1n) is 6.46. The van der Waals surface area contributed by atoms with E-state index in [4.69, 9.17) is 0 Å². The minimum atomic E-state index is 0.239. The first kappa shape index (κ1) is 12.9. The maximum absolute atomic E-state index is 9.84. The molecule has 0 saturated heterocycles. The topological polar surface area (TPSA) is 23.5 Å². The van der Waals surface area contributed by atoms with Crippen LogP contribution in [-0.2, 0) is 6.54 Å². The molecule has 0 aliphatic rings. The van der Waals surface area contributed by atoms with Crippen molar-refractivity contribution in [1.29, 1.82) is 0 Å². The summed E-state index contributed by atoms with van der Waals surface area (Å²) in [5.41, 5.74) is 1.87. The van der Waals surface area contributed by atoms with E-state index in [0.717, 1.165) is 5.56 Å². The van der Waals surface area contributed by atoms with Gasteiger partial charge >= 0.3 is 0 Å². The molecule has 0 unspecified atom stereocenters. The Kier molecular flexibility index (Phi) is 3.52. The van der Waals surface area contributed by atoms with E-state index in [9.17, 15) is 5.11 Å². The zero-order valence-corrected chi connectivity index (χ0v) is 11.8. The Labute approximate surface area is 123 Å². The Balaban J connectivity index is 1.87. The van der Waals surface area contributed by atoms with Crippen LogP contribution >= 0.6 is 12.8 Å². The average molecular weight is 281 g/mol. The minimum absolute atomic E-state index is 0.239. The van der Waals surface area contributed by atoms with E-state index in [1.54, 1.807) is 16.4 Å². The highest BCUT2D eigenvalue weighted by Crippen LogP contribution is 2.29. The van der Waals surface area contributed by atoms with Gasteiger partial charge in [-0.15, -0.1) is 0 Å². The summed E-state index contributed by atoms with van der Waals surface area (Å²) in [5, 5.41) is 12.3. The van der Waals surface area contributed by atoms with Crippen LogP contribution in [0.1, 0.15) is 5.56 Å². The molecule has 2 nitrogen and oxygen atoms in total. The predicted molar refractivity (Wildman–Crippen MR) is 87.2 cm³/mol. The molecule has 0 aliphatic carbocycles. The zero-order chi connectivity index (χ0) is 13.9. The summed E-state index contributed by atoms with van der Waals surface area (Å²) in [6, 6.07) is 21.8. The van der Waals surface area contributed by atoms with Crippen LogP contribution in [0.2, 0.25) is 0 Å². The van der Waals surface area contributed by atoms with Crippen LogP contribution in [0.3, 0.4) is 0 Å². The molecule has 0 aliphatic heterocycles. The van der Waals surface area contributed by atoms with E-state index in [2.05, 4.69) is 43.1 Å². The number of para-hydroxylation sites is 2. The molecule has 0 radical (unpaired) electrons. The van der Waals surface area contributed by atoms with E-state index in [0.29, 0.717) is 12.2 Å². The summed E-state index contributed by atoms with van der Waals surface area (Å²) in [4.78, 5) is 0. The SMILES string of the molecule is Oc1ccccc1N(S)Cc1ccc2ccccc2c1. The fourth-order valence-corrected chi connectivity index (χ4v) is 2.61. The number of fused-ring (bicyclic) bond motifs is 1. The van der Waals surface area contributed by atoms with Crippen LogP contribution in [0.25, 0.3) is 10.8 Å². The van der Waals surface area contributed by atoms with Gasteiger partial charge in [0.1, 0.15) is 5.75 Å². The third kappa shape index (κ3) is 2.58. The molecule has 0 bridgehead atoms. The van der Waals surface area contributed by atoms with Crippen molar-refractivity contribution in [3.05, 3.63) is 72.3 Å². The lowest BCUT2D eigenvalue weighted by atomic mass is 10.1. The van der Waals surface area contributed by atoms with Crippen LogP contribution in [0.15, 0.2) is 66.7 Å². The fraction of sp³-hybridized carbons (Fsp3) is 0.0588. The van der Waals surface area contributed by atoms with Crippen molar-refractivity contribution in [3.8, 4) is 5.75 Å². The van der Waals surface area contributed by atoms with Crippen LogP contribution < -0.4 is 4.31 Å². The Morgan fingerprint density at radius 1 is 0.850 bits per heavy atom. The lowest BCUT2D eigenvalue weighted by Crippen LogP contribution is -2.09. The smallest absolute Gasteiger partial charge is 0.139 e. The van der Waals surface area contributed by atoms with E-state index in [1.165, 1.54) is 10.8 Å². The van der Waals surface area contributed by atoms with Crippen molar-refractivity contribution < 1.29 is 5.11 Å². The van der Waals surface area contributed by atoms with Gasteiger partial charge in [0.05, 0.1) is 12.2 Å². The lowest BCUT2D eigenvalue weighted by molar-refractivity contribution is 0.476. The van der Waals surface area contributed by atoms with Crippen LogP contribution in [0.5, 0.6) is 5.75 Å². The Morgan fingerprint density at radius 2 is 1.55 bits per heavy atom. The fourth-order valence-electron chi connectivity index (χ4n) is 2.28. The first-order valence-corrected chi connectivity index (χ1v) is 6.86. The quantitative estimate of drug-likeness (QED) is 0.695. The van der Waals surface area contributed by atoms with Gasteiger partial charge in [0.2, 0.25) is 0 Å². The summed E-state index contributed by atoms with van der Waals surface area (Å²) < 4.78 is 1.75. The summed E-state index contributed by atoms with van der Waals surface area (Å²) >= 11 is 4.47. The number of hydrogen-bond donors (Lipinski definition) is 2. The van der Waals surface area contributed by atoms with Crippen molar-refractivity contribution in [1.82, 2.24) is 0 Å². The molecule has 0 heterocycles. The van der Waals surface area contributed by atoms with Crippen LogP contribution in [-0.4, -0.2) is 5.11 Å². The standard InChI is InChI=1S/C17H15NOS/c19-17-8-4-3-7-16(17)18(20)12-13-9-10-14-5-1-2-6-15(14)11-13/h1-11,19-20H,12H2. The minimum Gasteiger partial charge on any atom is -0.506 e. The van der Waals surface area contributed by atoms with Gasteiger partial charge in [-0.2, -0.15) is 0 Å². The van der Waals surface area contributed by atoms with Gasteiger partial charge in [-0.1, -0.05) is 61.3 Å². The second-order valence-corrected chi connectivity index (χ2v) is 5.21.